The van der Waals surface area contributed by atoms with Crippen LogP contribution in [0.1, 0.15) is 13.8 Å². The van der Waals surface area contributed by atoms with Crippen LogP contribution in [0.4, 0.5) is 0 Å². The SMILES string of the molecule is CC(C)[C@](N)(C(N)=O)C(=O)O. The van der Waals surface area contributed by atoms with Crippen molar-refractivity contribution in [1.29, 1.82) is 0 Å². The molecule has 0 aliphatic heterocycles. The van der Waals surface area contributed by atoms with Gasteiger partial charge in [0.2, 0.25) is 5.91 Å². The maximum Gasteiger partial charge on any atom is 0.333 e. The predicted octanol–water partition coefficient (Wildman–Crippen LogP) is -1.09. The third-order valence-corrected chi connectivity index (χ3v) is 1.67. The van der Waals surface area contributed by atoms with Crippen molar-refractivity contribution in [3.8, 4) is 0 Å². The van der Waals surface area contributed by atoms with E-state index in [0.717, 1.165) is 0 Å². The first kappa shape index (κ1) is 9.90. The second-order valence-electron chi connectivity index (χ2n) is 2.69. The van der Waals surface area contributed by atoms with E-state index in [4.69, 9.17) is 16.6 Å². The van der Waals surface area contributed by atoms with Crippen molar-refractivity contribution < 1.29 is 14.7 Å². The van der Waals surface area contributed by atoms with Crippen LogP contribution in [0.15, 0.2) is 0 Å². The first-order valence-electron chi connectivity index (χ1n) is 3.15. The van der Waals surface area contributed by atoms with Crippen LogP contribution in [0, 0.1) is 5.92 Å². The summed E-state index contributed by atoms with van der Waals surface area (Å²) in [6.45, 7) is 3.05. The highest BCUT2D eigenvalue weighted by Crippen LogP contribution is 2.13. The highest BCUT2D eigenvalue weighted by Gasteiger charge is 2.43. The summed E-state index contributed by atoms with van der Waals surface area (Å²) >= 11 is 0. The lowest BCUT2D eigenvalue weighted by molar-refractivity contribution is -0.150. The third kappa shape index (κ3) is 1.48. The first-order valence-corrected chi connectivity index (χ1v) is 3.15. The highest BCUT2D eigenvalue weighted by molar-refractivity contribution is 6.05. The summed E-state index contributed by atoms with van der Waals surface area (Å²) in [4.78, 5) is 21.1. The fourth-order valence-electron chi connectivity index (χ4n) is 0.637. The van der Waals surface area contributed by atoms with Gasteiger partial charge in [0.15, 0.2) is 5.54 Å². The molecule has 0 bridgehead atoms. The Hall–Kier alpha value is -1.10. The van der Waals surface area contributed by atoms with Crippen molar-refractivity contribution in [3.05, 3.63) is 0 Å². The molecule has 0 saturated heterocycles. The first-order chi connectivity index (χ1) is 4.83. The lowest BCUT2D eigenvalue weighted by Crippen LogP contribution is -2.61. The van der Waals surface area contributed by atoms with Crippen LogP contribution in [-0.2, 0) is 9.59 Å². The van der Waals surface area contributed by atoms with Crippen LogP contribution >= 0.6 is 0 Å². The van der Waals surface area contributed by atoms with Gasteiger partial charge in [0, 0.05) is 0 Å². The number of carbonyl (C=O) groups is 2. The molecule has 0 aliphatic rings. The maximum atomic E-state index is 10.6. The van der Waals surface area contributed by atoms with Crippen molar-refractivity contribution in [1.82, 2.24) is 0 Å². The summed E-state index contributed by atoms with van der Waals surface area (Å²) in [6, 6.07) is 0. The van der Waals surface area contributed by atoms with Crippen molar-refractivity contribution in [3.63, 3.8) is 0 Å². The van der Waals surface area contributed by atoms with Crippen LogP contribution in [0.25, 0.3) is 0 Å². The predicted molar refractivity (Wildman–Crippen MR) is 38.6 cm³/mol. The van der Waals surface area contributed by atoms with Crippen molar-refractivity contribution in [2.24, 2.45) is 17.4 Å². The average Bonchev–Trinajstić information content (AvgIpc) is 1.84. The number of aliphatic carboxylic acids is 1. The molecule has 5 heteroatoms. The average molecular weight is 160 g/mol. The Balaban J connectivity index is 4.82. The number of rotatable bonds is 3. The number of primary amides is 1. The molecular formula is C6H12N2O3. The summed E-state index contributed by atoms with van der Waals surface area (Å²) in [5, 5.41) is 8.55. The number of nitrogens with two attached hydrogens (primary N) is 2. The van der Waals surface area contributed by atoms with E-state index < -0.39 is 23.3 Å². The summed E-state index contributed by atoms with van der Waals surface area (Å²) in [7, 11) is 0. The van der Waals surface area contributed by atoms with E-state index in [-0.39, 0.29) is 0 Å². The van der Waals surface area contributed by atoms with E-state index in [1.54, 1.807) is 0 Å². The summed E-state index contributed by atoms with van der Waals surface area (Å²) in [5.74, 6) is -2.92. The van der Waals surface area contributed by atoms with Crippen molar-refractivity contribution >= 4 is 11.9 Å². The van der Waals surface area contributed by atoms with Gasteiger partial charge in [0.1, 0.15) is 0 Å². The Morgan fingerprint density at radius 1 is 1.45 bits per heavy atom. The van der Waals surface area contributed by atoms with Crippen LogP contribution in [0.2, 0.25) is 0 Å². The fraction of sp³-hybridized carbons (Fsp3) is 0.667. The maximum absolute atomic E-state index is 10.6. The minimum atomic E-state index is -1.94. The Bertz CT molecular complexity index is 174. The van der Waals surface area contributed by atoms with E-state index in [0.29, 0.717) is 0 Å². The van der Waals surface area contributed by atoms with E-state index in [2.05, 4.69) is 0 Å². The monoisotopic (exact) mass is 160 g/mol. The lowest BCUT2D eigenvalue weighted by Gasteiger charge is -2.24. The molecule has 0 unspecified atom stereocenters. The van der Waals surface area contributed by atoms with Gasteiger partial charge in [-0.3, -0.25) is 4.79 Å². The normalized spacial score (nSPS) is 16.0. The zero-order valence-corrected chi connectivity index (χ0v) is 6.50. The standard InChI is InChI=1S/C6H12N2O3/c1-3(2)6(8,4(7)9)5(10)11/h3H,8H2,1-2H3,(H2,7,9)(H,10,11)/t6-/m0/s1. The number of hydrogen-bond acceptors (Lipinski definition) is 3. The van der Waals surface area contributed by atoms with Gasteiger partial charge in [0.25, 0.3) is 0 Å². The molecule has 5 N–H and O–H groups in total. The molecule has 1 amide bonds. The summed E-state index contributed by atoms with van der Waals surface area (Å²) in [6.07, 6.45) is 0. The largest absolute Gasteiger partial charge is 0.479 e. The van der Waals surface area contributed by atoms with E-state index in [9.17, 15) is 9.59 Å². The van der Waals surface area contributed by atoms with Gasteiger partial charge in [-0.05, 0) is 5.92 Å². The number of carboxylic acid groups (broad SMARTS) is 1. The quantitative estimate of drug-likeness (QED) is 0.456. The smallest absolute Gasteiger partial charge is 0.333 e. The molecule has 0 heterocycles. The zero-order chi connectivity index (χ0) is 9.23. The highest BCUT2D eigenvalue weighted by atomic mass is 16.4. The molecule has 0 aromatic heterocycles. The van der Waals surface area contributed by atoms with Gasteiger partial charge >= 0.3 is 5.97 Å². The molecule has 0 fully saturated rings. The molecule has 0 aromatic rings. The van der Waals surface area contributed by atoms with E-state index in [1.165, 1.54) is 13.8 Å². The summed E-state index contributed by atoms with van der Waals surface area (Å²) < 4.78 is 0. The van der Waals surface area contributed by atoms with Gasteiger partial charge in [-0.1, -0.05) is 13.8 Å². The number of carboxylic acids is 1. The third-order valence-electron chi connectivity index (χ3n) is 1.67. The van der Waals surface area contributed by atoms with E-state index >= 15 is 0 Å². The molecular weight excluding hydrogens is 148 g/mol. The topological polar surface area (TPSA) is 106 Å². The lowest BCUT2D eigenvalue weighted by atomic mass is 9.87. The molecule has 0 aliphatic carbocycles. The van der Waals surface area contributed by atoms with Crippen LogP contribution in [0.3, 0.4) is 0 Å². The molecule has 11 heavy (non-hydrogen) atoms. The molecule has 0 spiro atoms. The molecule has 64 valence electrons. The minimum Gasteiger partial charge on any atom is -0.479 e. The molecule has 5 nitrogen and oxygen atoms in total. The Morgan fingerprint density at radius 3 is 1.82 bits per heavy atom. The van der Waals surface area contributed by atoms with Crippen LogP contribution in [-0.4, -0.2) is 22.5 Å². The molecule has 0 saturated carbocycles. The second kappa shape index (κ2) is 2.87. The van der Waals surface area contributed by atoms with Crippen LogP contribution in [0.5, 0.6) is 0 Å². The number of carbonyl (C=O) groups excluding carboxylic acids is 1. The summed E-state index contributed by atoms with van der Waals surface area (Å²) in [5.41, 5.74) is 8.14. The second-order valence-corrected chi connectivity index (χ2v) is 2.69. The van der Waals surface area contributed by atoms with Gasteiger partial charge in [-0.15, -0.1) is 0 Å². The molecule has 0 rings (SSSR count). The van der Waals surface area contributed by atoms with Gasteiger partial charge in [0.05, 0.1) is 0 Å². The van der Waals surface area contributed by atoms with Gasteiger partial charge in [-0.2, -0.15) is 0 Å². The Kier molecular flexibility index (Phi) is 2.59. The minimum absolute atomic E-state index is 0.516. The Morgan fingerprint density at radius 2 is 1.82 bits per heavy atom. The Labute approximate surface area is 64.4 Å². The number of amides is 1. The van der Waals surface area contributed by atoms with Crippen molar-refractivity contribution in [2.75, 3.05) is 0 Å². The van der Waals surface area contributed by atoms with Crippen LogP contribution < -0.4 is 11.5 Å². The molecule has 0 radical (unpaired) electrons. The zero-order valence-electron chi connectivity index (χ0n) is 6.50. The van der Waals surface area contributed by atoms with Gasteiger partial charge < -0.3 is 16.6 Å². The molecule has 1 atom stereocenters. The van der Waals surface area contributed by atoms with Crippen molar-refractivity contribution in [2.45, 2.75) is 19.4 Å². The van der Waals surface area contributed by atoms with E-state index in [1.807, 2.05) is 0 Å². The molecule has 0 aromatic carbocycles. The fourth-order valence-corrected chi connectivity index (χ4v) is 0.637. The number of hydrogen-bond donors (Lipinski definition) is 3. The van der Waals surface area contributed by atoms with Gasteiger partial charge in [-0.25, -0.2) is 4.79 Å².